The van der Waals surface area contributed by atoms with Crippen LogP contribution in [-0.4, -0.2) is 73.7 Å². The number of hydrogen-bond donors (Lipinski definition) is 1. The van der Waals surface area contributed by atoms with Gasteiger partial charge >= 0.3 is 20.9 Å². The lowest BCUT2D eigenvalue weighted by Gasteiger charge is -2.28. The summed E-state index contributed by atoms with van der Waals surface area (Å²) >= 11 is 0. The fourth-order valence-corrected chi connectivity index (χ4v) is 6.23. The van der Waals surface area contributed by atoms with E-state index in [4.69, 9.17) is 27.5 Å². The maximum Gasteiger partial charge on any atom is 0.500 e. The van der Waals surface area contributed by atoms with Crippen LogP contribution in [-0.2, 0) is 32.3 Å². The van der Waals surface area contributed by atoms with E-state index in [0.29, 0.717) is 45.2 Å². The zero-order valence-corrected chi connectivity index (χ0v) is 24.2. The van der Waals surface area contributed by atoms with E-state index in [0.717, 1.165) is 31.7 Å². The van der Waals surface area contributed by atoms with Crippen LogP contribution >= 0.6 is 0 Å². The Morgan fingerprint density at radius 3 is 1.75 bits per heavy atom. The average Bonchev–Trinajstić information content (AvgIpc) is 2.84. The van der Waals surface area contributed by atoms with Crippen molar-refractivity contribution in [2.24, 2.45) is 0 Å². The molecule has 9 nitrogen and oxygen atoms in total. The van der Waals surface area contributed by atoms with Crippen molar-refractivity contribution >= 4 is 20.9 Å². The Hall–Kier alpha value is -1.46. The first kappa shape index (κ1) is 34.5. The first-order chi connectivity index (χ1) is 17.4. The Kier molecular flexibility index (Phi) is 22.9. The number of nitrogens with one attached hydrogen (secondary N) is 1. The smallest absolute Gasteiger partial charge is 0.460 e. The molecule has 0 saturated carbocycles. The largest absolute Gasteiger partial charge is 0.500 e. The summed E-state index contributed by atoms with van der Waals surface area (Å²) in [7, 11) is -2.48. The first-order valence-corrected chi connectivity index (χ1v) is 15.6. The number of esters is 1. The highest BCUT2D eigenvalue weighted by Crippen LogP contribution is 2.21. The summed E-state index contributed by atoms with van der Waals surface area (Å²) < 4.78 is 33.1. The van der Waals surface area contributed by atoms with Gasteiger partial charge in [-0.2, -0.15) is 0 Å². The SMILES string of the molecule is C=C(C)C(=O)OCCOCCNC(=O)OCCCCCCCCCCC[Si](OCC)(OCC)OCC. The summed E-state index contributed by atoms with van der Waals surface area (Å²) in [5, 5.41) is 2.64. The molecule has 0 saturated heterocycles. The van der Waals surface area contributed by atoms with Gasteiger partial charge in [-0.25, -0.2) is 9.59 Å². The summed E-state index contributed by atoms with van der Waals surface area (Å²) in [6.07, 6.45) is 9.83. The predicted molar refractivity (Wildman–Crippen MR) is 143 cm³/mol. The number of unbranched alkanes of at least 4 members (excludes halogenated alkanes) is 8. The summed E-state index contributed by atoms with van der Waals surface area (Å²) in [5.74, 6) is -0.432. The van der Waals surface area contributed by atoms with Crippen LogP contribution in [0.25, 0.3) is 0 Å². The second kappa shape index (κ2) is 23.9. The van der Waals surface area contributed by atoms with Crippen LogP contribution < -0.4 is 5.32 Å². The molecule has 0 fully saturated rings. The van der Waals surface area contributed by atoms with Gasteiger partial charge in [-0.1, -0.05) is 51.5 Å². The van der Waals surface area contributed by atoms with Crippen LogP contribution in [0.2, 0.25) is 6.04 Å². The monoisotopic (exact) mass is 533 g/mol. The summed E-state index contributed by atoms with van der Waals surface area (Å²) in [5.41, 5.74) is 0.355. The Balaban J connectivity index is 3.52. The minimum Gasteiger partial charge on any atom is -0.460 e. The number of hydrogen-bond acceptors (Lipinski definition) is 8. The summed E-state index contributed by atoms with van der Waals surface area (Å²) in [6, 6.07) is 0.899. The predicted octanol–water partition coefficient (Wildman–Crippen LogP) is 5.41. The van der Waals surface area contributed by atoms with Crippen molar-refractivity contribution in [1.29, 1.82) is 0 Å². The Labute approximate surface area is 219 Å². The van der Waals surface area contributed by atoms with Gasteiger partial charge in [-0.3, -0.25) is 0 Å². The van der Waals surface area contributed by atoms with Crippen molar-refractivity contribution in [1.82, 2.24) is 5.32 Å². The molecule has 0 aromatic rings. The summed E-state index contributed by atoms with van der Waals surface area (Å²) in [6.45, 7) is 14.5. The standard InChI is InChI=1S/C26H51NO8Si/c1-6-33-36(34-7-2,35-8-3)23-17-15-13-11-9-10-12-14-16-19-32-26(29)27-18-20-30-21-22-31-25(28)24(4)5/h4,6-23H2,1-3,5H3,(H,27,29). The number of ether oxygens (including phenoxy) is 3. The Morgan fingerprint density at radius 2 is 1.22 bits per heavy atom. The van der Waals surface area contributed by atoms with E-state index in [-0.39, 0.29) is 13.2 Å². The van der Waals surface area contributed by atoms with Gasteiger partial charge in [0, 0.05) is 38.0 Å². The lowest BCUT2D eigenvalue weighted by Crippen LogP contribution is -2.45. The molecule has 1 N–H and O–H groups in total. The van der Waals surface area contributed by atoms with Crippen LogP contribution in [0, 0.1) is 0 Å². The minimum absolute atomic E-state index is 0.162. The minimum atomic E-state index is -2.48. The van der Waals surface area contributed by atoms with E-state index in [9.17, 15) is 9.59 Å². The van der Waals surface area contributed by atoms with Crippen LogP contribution in [0.1, 0.15) is 85.5 Å². The van der Waals surface area contributed by atoms with Gasteiger partial charge in [-0.05, 0) is 40.5 Å². The van der Waals surface area contributed by atoms with Crippen LogP contribution in [0.5, 0.6) is 0 Å². The van der Waals surface area contributed by atoms with Gasteiger partial charge in [0.05, 0.1) is 19.8 Å². The fraction of sp³-hybridized carbons (Fsp3) is 0.846. The molecule has 36 heavy (non-hydrogen) atoms. The number of carbonyl (C=O) groups excluding carboxylic acids is 2. The molecule has 0 aromatic carbocycles. The molecule has 0 aliphatic heterocycles. The third-order valence-electron chi connectivity index (χ3n) is 5.28. The Morgan fingerprint density at radius 1 is 0.694 bits per heavy atom. The van der Waals surface area contributed by atoms with E-state index in [1.807, 2.05) is 20.8 Å². The second-order valence-corrected chi connectivity index (χ2v) is 11.2. The highest BCUT2D eigenvalue weighted by Gasteiger charge is 2.39. The zero-order valence-electron chi connectivity index (χ0n) is 23.2. The van der Waals surface area contributed by atoms with Crippen molar-refractivity contribution in [3.8, 4) is 0 Å². The molecular formula is C26H51NO8Si. The molecule has 0 radical (unpaired) electrons. The van der Waals surface area contributed by atoms with E-state index in [1.165, 1.54) is 32.1 Å². The van der Waals surface area contributed by atoms with E-state index in [2.05, 4.69) is 11.9 Å². The third-order valence-corrected chi connectivity index (χ3v) is 8.43. The number of alkyl carbamates (subject to hydrolysis) is 1. The van der Waals surface area contributed by atoms with E-state index >= 15 is 0 Å². The topological polar surface area (TPSA) is 102 Å². The fourth-order valence-electron chi connectivity index (χ4n) is 3.54. The van der Waals surface area contributed by atoms with E-state index < -0.39 is 20.9 Å². The maximum atomic E-state index is 11.6. The second-order valence-electron chi connectivity index (χ2n) is 8.51. The molecule has 212 valence electrons. The molecular weight excluding hydrogens is 482 g/mol. The molecule has 0 heterocycles. The molecule has 0 unspecified atom stereocenters. The molecule has 0 rings (SSSR count). The molecule has 0 aliphatic carbocycles. The number of amides is 1. The van der Waals surface area contributed by atoms with Gasteiger partial charge in [0.1, 0.15) is 6.61 Å². The number of rotatable bonds is 25. The van der Waals surface area contributed by atoms with E-state index in [1.54, 1.807) is 6.92 Å². The molecule has 0 aromatic heterocycles. The van der Waals surface area contributed by atoms with Crippen molar-refractivity contribution in [3.63, 3.8) is 0 Å². The highest BCUT2D eigenvalue weighted by molar-refractivity contribution is 6.60. The Bertz CT molecular complexity index is 559. The summed E-state index contributed by atoms with van der Waals surface area (Å²) in [4.78, 5) is 22.8. The number of carbonyl (C=O) groups is 2. The van der Waals surface area contributed by atoms with Crippen molar-refractivity contribution in [2.45, 2.75) is 91.5 Å². The van der Waals surface area contributed by atoms with Crippen molar-refractivity contribution in [2.75, 3.05) is 52.8 Å². The first-order valence-electron chi connectivity index (χ1n) is 13.6. The van der Waals surface area contributed by atoms with Gasteiger partial charge in [-0.15, -0.1) is 0 Å². The molecule has 10 heteroatoms. The third kappa shape index (κ3) is 19.7. The van der Waals surface area contributed by atoms with Gasteiger partial charge in [0.15, 0.2) is 0 Å². The maximum absolute atomic E-state index is 11.6. The quantitative estimate of drug-likeness (QED) is 0.0720. The molecule has 1 amide bonds. The van der Waals surface area contributed by atoms with Crippen LogP contribution in [0.3, 0.4) is 0 Å². The molecule has 0 spiro atoms. The van der Waals surface area contributed by atoms with Crippen LogP contribution in [0.15, 0.2) is 12.2 Å². The molecule has 0 bridgehead atoms. The van der Waals surface area contributed by atoms with Crippen molar-refractivity contribution < 1.29 is 37.1 Å². The van der Waals surface area contributed by atoms with Gasteiger partial charge < -0.3 is 32.8 Å². The van der Waals surface area contributed by atoms with Gasteiger partial charge in [0.2, 0.25) is 0 Å². The zero-order chi connectivity index (χ0) is 26.9. The molecule has 0 atom stereocenters. The van der Waals surface area contributed by atoms with Crippen molar-refractivity contribution in [3.05, 3.63) is 12.2 Å². The normalized spacial score (nSPS) is 11.3. The highest BCUT2D eigenvalue weighted by atomic mass is 28.4. The van der Waals surface area contributed by atoms with Crippen LogP contribution in [0.4, 0.5) is 4.79 Å². The van der Waals surface area contributed by atoms with Gasteiger partial charge in [0.25, 0.3) is 0 Å². The molecule has 0 aliphatic rings. The lowest BCUT2D eigenvalue weighted by atomic mass is 10.1. The average molecular weight is 534 g/mol. The lowest BCUT2D eigenvalue weighted by molar-refractivity contribution is -0.140.